The number of methoxy groups -OCH3 is 1. The summed E-state index contributed by atoms with van der Waals surface area (Å²) >= 11 is 1.13. The van der Waals surface area contributed by atoms with Gasteiger partial charge in [0.15, 0.2) is 34.9 Å². The molecule has 0 saturated carbocycles. The number of aromatic hydroxyl groups is 8. The van der Waals surface area contributed by atoms with Crippen LogP contribution in [0.4, 0.5) is 0 Å². The van der Waals surface area contributed by atoms with Gasteiger partial charge in [-0.1, -0.05) is 0 Å². The second kappa shape index (κ2) is 13.8. The second-order valence-corrected chi connectivity index (χ2v) is 13.5. The summed E-state index contributed by atoms with van der Waals surface area (Å²) in [7, 11) is 1.63. The van der Waals surface area contributed by atoms with Crippen LogP contribution >= 0.6 is 11.8 Å². The van der Waals surface area contributed by atoms with Crippen molar-refractivity contribution in [3.8, 4) is 51.7 Å². The van der Waals surface area contributed by atoms with E-state index in [9.17, 15) is 45.6 Å². The Morgan fingerprint density at radius 2 is 1.47 bits per heavy atom. The quantitative estimate of drug-likeness (QED) is 0.0692. The average Bonchev–Trinajstić information content (AvgIpc) is 2.99. The van der Waals surface area contributed by atoms with Crippen molar-refractivity contribution in [1.29, 1.82) is 0 Å². The number of esters is 1. The number of phenolic OH excluding ortho intramolecular Hbond substituents is 8. The highest BCUT2D eigenvalue weighted by Crippen LogP contribution is 2.51. The lowest BCUT2D eigenvalue weighted by Gasteiger charge is -2.35. The maximum Gasteiger partial charge on any atom is 0.338 e. The molecular formula is C33H40O13S. The molecule has 0 radical (unpaired) electrons. The Bertz CT molecular complexity index is 1610. The van der Waals surface area contributed by atoms with E-state index in [1.807, 2.05) is 27.7 Å². The number of carbonyl (C=O) groups is 1. The number of carbonyl (C=O) groups excluding carboxylic acids is 1. The van der Waals surface area contributed by atoms with Gasteiger partial charge in [-0.3, -0.25) is 0 Å². The van der Waals surface area contributed by atoms with Crippen molar-refractivity contribution < 1.29 is 64.6 Å². The largest absolute Gasteiger partial charge is 0.508 e. The van der Waals surface area contributed by atoms with Crippen LogP contribution in [0.1, 0.15) is 68.1 Å². The Morgan fingerprint density at radius 3 is 2.11 bits per heavy atom. The second-order valence-electron chi connectivity index (χ2n) is 12.4. The average molecular weight is 677 g/mol. The molecule has 4 rings (SSSR count). The molecule has 14 heteroatoms. The minimum Gasteiger partial charge on any atom is -0.508 e. The van der Waals surface area contributed by atoms with Gasteiger partial charge in [0.25, 0.3) is 0 Å². The van der Waals surface area contributed by atoms with Gasteiger partial charge in [-0.25, -0.2) is 4.79 Å². The number of benzene rings is 3. The third kappa shape index (κ3) is 8.13. The van der Waals surface area contributed by atoms with Gasteiger partial charge in [-0.15, -0.1) is 11.8 Å². The Balaban J connectivity index is 1.67. The van der Waals surface area contributed by atoms with Gasteiger partial charge in [-0.05, 0) is 58.7 Å². The SMILES string of the molecule is COC(C)(C)CCOC(C)(C)CCSc1c([C@H]2Oc3cc(O)cc(O)c3C[C@H]2OC(=O)c2cc(O)c(O)c(O)c2)cc(O)c(O)c1O. The lowest BCUT2D eigenvalue weighted by molar-refractivity contribution is -0.0587. The molecule has 1 aliphatic heterocycles. The van der Waals surface area contributed by atoms with Crippen LogP contribution in [0.3, 0.4) is 0 Å². The van der Waals surface area contributed by atoms with Crippen molar-refractivity contribution in [3.63, 3.8) is 0 Å². The van der Waals surface area contributed by atoms with Crippen molar-refractivity contribution in [2.45, 2.75) is 75.3 Å². The fourth-order valence-electron chi connectivity index (χ4n) is 4.90. The van der Waals surface area contributed by atoms with E-state index in [0.29, 0.717) is 25.2 Å². The minimum atomic E-state index is -1.27. The fourth-order valence-corrected chi connectivity index (χ4v) is 6.27. The summed E-state index contributed by atoms with van der Waals surface area (Å²) in [6.45, 7) is 8.18. The Labute approximate surface area is 275 Å². The monoisotopic (exact) mass is 676 g/mol. The maximum atomic E-state index is 13.2. The lowest BCUT2D eigenvalue weighted by atomic mass is 9.93. The number of phenols is 8. The first-order valence-corrected chi connectivity index (χ1v) is 15.7. The number of rotatable bonds is 12. The molecule has 1 heterocycles. The van der Waals surface area contributed by atoms with Crippen molar-refractivity contribution in [2.75, 3.05) is 19.5 Å². The molecule has 256 valence electrons. The highest BCUT2D eigenvalue weighted by molar-refractivity contribution is 7.99. The molecule has 13 nitrogen and oxygen atoms in total. The molecule has 1 aliphatic rings. The van der Waals surface area contributed by atoms with Gasteiger partial charge in [-0.2, -0.15) is 0 Å². The van der Waals surface area contributed by atoms with E-state index in [-0.39, 0.29) is 50.9 Å². The third-order valence-electron chi connectivity index (χ3n) is 7.97. The third-order valence-corrected chi connectivity index (χ3v) is 9.10. The van der Waals surface area contributed by atoms with Crippen LogP contribution in [0, 0.1) is 0 Å². The first-order chi connectivity index (χ1) is 21.9. The molecule has 0 amide bonds. The zero-order valence-corrected chi connectivity index (χ0v) is 27.4. The summed E-state index contributed by atoms with van der Waals surface area (Å²) in [4.78, 5) is 13.3. The Morgan fingerprint density at radius 1 is 0.830 bits per heavy atom. The van der Waals surface area contributed by atoms with Crippen LogP contribution in [0.2, 0.25) is 0 Å². The minimum absolute atomic E-state index is 0.0382. The number of thioether (sulfide) groups is 1. The zero-order valence-electron chi connectivity index (χ0n) is 26.6. The zero-order chi connectivity index (χ0) is 34.8. The summed E-state index contributed by atoms with van der Waals surface area (Å²) in [6, 6.07) is 5.26. The first kappa shape index (κ1) is 35.5. The molecule has 0 aliphatic carbocycles. The number of hydrogen-bond donors (Lipinski definition) is 8. The Kier molecular flexibility index (Phi) is 10.4. The summed E-state index contributed by atoms with van der Waals surface area (Å²) in [5.41, 5.74) is -0.958. The van der Waals surface area contributed by atoms with Crippen LogP contribution in [0.15, 0.2) is 35.2 Å². The highest BCUT2D eigenvalue weighted by Gasteiger charge is 2.39. The van der Waals surface area contributed by atoms with Crippen LogP contribution < -0.4 is 4.74 Å². The number of ether oxygens (including phenoxy) is 4. The van der Waals surface area contributed by atoms with Crippen LogP contribution in [0.25, 0.3) is 0 Å². The van der Waals surface area contributed by atoms with E-state index in [1.54, 1.807) is 7.11 Å². The summed E-state index contributed by atoms with van der Waals surface area (Å²) in [5, 5.41) is 82.2. The van der Waals surface area contributed by atoms with Crippen molar-refractivity contribution in [1.82, 2.24) is 0 Å². The van der Waals surface area contributed by atoms with E-state index in [1.165, 1.54) is 6.07 Å². The number of hydrogen-bond acceptors (Lipinski definition) is 14. The van der Waals surface area contributed by atoms with Crippen molar-refractivity contribution in [3.05, 3.63) is 47.0 Å². The van der Waals surface area contributed by atoms with Gasteiger partial charge in [0.2, 0.25) is 5.75 Å². The molecule has 8 N–H and O–H groups in total. The molecule has 0 aromatic heterocycles. The van der Waals surface area contributed by atoms with Crippen LogP contribution in [-0.2, 0) is 20.6 Å². The van der Waals surface area contributed by atoms with E-state index in [0.717, 1.165) is 36.0 Å². The maximum absolute atomic E-state index is 13.2. The molecule has 2 atom stereocenters. The predicted molar refractivity (Wildman–Crippen MR) is 170 cm³/mol. The topological polar surface area (TPSA) is 216 Å². The molecule has 47 heavy (non-hydrogen) atoms. The highest BCUT2D eigenvalue weighted by atomic mass is 32.2. The van der Waals surface area contributed by atoms with Gasteiger partial charge in [0.05, 0.1) is 28.3 Å². The molecule has 0 unspecified atom stereocenters. The Hall–Kier alpha value is -4.40. The van der Waals surface area contributed by atoms with E-state index >= 15 is 0 Å². The van der Waals surface area contributed by atoms with Gasteiger partial charge < -0.3 is 59.8 Å². The molecule has 0 spiro atoms. The van der Waals surface area contributed by atoms with Crippen molar-refractivity contribution >= 4 is 17.7 Å². The van der Waals surface area contributed by atoms with Crippen LogP contribution in [0.5, 0.6) is 51.7 Å². The van der Waals surface area contributed by atoms with E-state index < -0.39 is 58.3 Å². The van der Waals surface area contributed by atoms with Gasteiger partial charge >= 0.3 is 5.97 Å². The predicted octanol–water partition coefficient (Wildman–Crippen LogP) is 5.33. The van der Waals surface area contributed by atoms with Gasteiger partial charge in [0.1, 0.15) is 23.4 Å². The molecule has 3 aromatic carbocycles. The van der Waals surface area contributed by atoms with Gasteiger partial charge in [0, 0.05) is 42.5 Å². The van der Waals surface area contributed by atoms with E-state index in [2.05, 4.69) is 0 Å². The molecule has 0 saturated heterocycles. The molecule has 3 aromatic rings. The smallest absolute Gasteiger partial charge is 0.338 e. The summed E-state index contributed by atoms with van der Waals surface area (Å²) < 4.78 is 23.4. The normalized spacial score (nSPS) is 16.4. The number of fused-ring (bicyclic) bond motifs is 1. The fraction of sp³-hybridized carbons (Fsp3) is 0.424. The molecular weight excluding hydrogens is 636 g/mol. The standard InChI is InChI=1S/C33H40O13S/c1-32(2,43-5)6-8-44-33(3,4)7-9-47-30-19(14-23(38)27(40)28(30)41)29-25(15-18-20(35)12-17(34)13-24(18)45-29)46-31(42)16-10-21(36)26(39)22(37)11-16/h10-14,25,29,34-41H,6-9,15H2,1-5H3/t25-,29-/m1/s1. The van der Waals surface area contributed by atoms with Crippen molar-refractivity contribution in [2.24, 2.45) is 0 Å². The lowest BCUT2D eigenvalue weighted by Crippen LogP contribution is -2.35. The molecule has 0 fully saturated rings. The van der Waals surface area contributed by atoms with E-state index in [4.69, 9.17) is 18.9 Å². The summed E-state index contributed by atoms with van der Waals surface area (Å²) in [5.74, 6) is -5.77. The van der Waals surface area contributed by atoms with Crippen LogP contribution in [-0.4, -0.2) is 83.6 Å². The summed E-state index contributed by atoms with van der Waals surface area (Å²) in [6.07, 6.45) is -1.54. The first-order valence-electron chi connectivity index (χ1n) is 14.7. The molecule has 0 bridgehead atoms.